The van der Waals surface area contributed by atoms with Gasteiger partial charge in [-0.3, -0.25) is 14.2 Å². The van der Waals surface area contributed by atoms with Gasteiger partial charge in [-0.25, -0.2) is 9.78 Å². The van der Waals surface area contributed by atoms with Crippen LogP contribution in [0, 0.1) is 12.8 Å². The molecule has 0 spiro atoms. The molecule has 1 N–H and O–H groups in total. The van der Waals surface area contributed by atoms with Crippen LogP contribution in [-0.4, -0.2) is 51.9 Å². The van der Waals surface area contributed by atoms with E-state index in [-0.39, 0.29) is 24.3 Å². The molecule has 1 aliphatic rings. The van der Waals surface area contributed by atoms with Gasteiger partial charge in [0, 0.05) is 30.4 Å². The van der Waals surface area contributed by atoms with Gasteiger partial charge in [0.1, 0.15) is 5.82 Å². The van der Waals surface area contributed by atoms with Crippen molar-refractivity contribution in [2.75, 3.05) is 25.0 Å². The summed E-state index contributed by atoms with van der Waals surface area (Å²) in [6.07, 6.45) is 1.14. The molecule has 8 heteroatoms. The highest BCUT2D eigenvalue weighted by molar-refractivity contribution is 5.95. The highest BCUT2D eigenvalue weighted by Gasteiger charge is 2.28. The molecule has 0 aliphatic carbocycles. The van der Waals surface area contributed by atoms with E-state index >= 15 is 0 Å². The Hall–Kier alpha value is -4.46. The number of aromatic nitrogens is 2. The molecule has 0 saturated carbocycles. The Labute approximate surface area is 214 Å². The number of likely N-dealkylation sites (tertiary alicyclic amines) is 1. The van der Waals surface area contributed by atoms with Crippen LogP contribution in [0.5, 0.6) is 0 Å². The minimum absolute atomic E-state index is 0.0370. The molecule has 188 valence electrons. The van der Waals surface area contributed by atoms with Crippen LogP contribution >= 0.6 is 0 Å². The number of para-hydroxylation sites is 2. The highest BCUT2D eigenvalue weighted by Crippen LogP contribution is 2.23. The number of nitrogens with one attached hydrogen (secondary N) is 1. The zero-order chi connectivity index (χ0) is 25.8. The van der Waals surface area contributed by atoms with Gasteiger partial charge in [-0.1, -0.05) is 36.4 Å². The molecule has 5 rings (SSSR count). The number of benzene rings is 3. The second-order valence-corrected chi connectivity index (χ2v) is 9.12. The predicted octanol–water partition coefficient (Wildman–Crippen LogP) is 4.37. The molecule has 2 heterocycles. The average molecular weight is 497 g/mol. The summed E-state index contributed by atoms with van der Waals surface area (Å²) >= 11 is 0. The topological polar surface area (TPSA) is 93.5 Å². The number of carbonyl (C=O) groups is 3. The predicted molar refractivity (Wildman–Crippen MR) is 140 cm³/mol. The first-order chi connectivity index (χ1) is 18.0. The van der Waals surface area contributed by atoms with Crippen LogP contribution in [0.2, 0.25) is 0 Å². The summed E-state index contributed by atoms with van der Waals surface area (Å²) in [5, 5.41) is 2.92. The van der Waals surface area contributed by atoms with E-state index in [1.807, 2.05) is 78.2 Å². The van der Waals surface area contributed by atoms with Crippen LogP contribution in [-0.2, 0) is 14.3 Å². The number of esters is 1. The molecule has 1 fully saturated rings. The summed E-state index contributed by atoms with van der Waals surface area (Å²) in [5.74, 6) is -0.217. The minimum atomic E-state index is -0.570. The van der Waals surface area contributed by atoms with E-state index in [1.54, 1.807) is 17.0 Å². The maximum Gasteiger partial charge on any atom is 0.338 e. The van der Waals surface area contributed by atoms with Crippen molar-refractivity contribution in [3.63, 3.8) is 0 Å². The van der Waals surface area contributed by atoms with Crippen LogP contribution in [0.3, 0.4) is 0 Å². The molecule has 1 aromatic heterocycles. The Morgan fingerprint density at radius 3 is 2.32 bits per heavy atom. The van der Waals surface area contributed by atoms with Crippen molar-refractivity contribution >= 4 is 34.5 Å². The van der Waals surface area contributed by atoms with Crippen LogP contribution < -0.4 is 5.32 Å². The van der Waals surface area contributed by atoms with Crippen molar-refractivity contribution in [3.05, 3.63) is 90.3 Å². The number of nitrogens with zero attached hydrogens (tertiary/aromatic N) is 3. The van der Waals surface area contributed by atoms with Crippen LogP contribution in [0.4, 0.5) is 5.69 Å². The Balaban J connectivity index is 1.15. The van der Waals surface area contributed by atoms with Gasteiger partial charge in [0.15, 0.2) is 6.61 Å². The lowest BCUT2D eigenvalue weighted by molar-refractivity contribution is -0.137. The molecule has 3 aromatic carbocycles. The zero-order valence-corrected chi connectivity index (χ0v) is 20.6. The molecule has 0 atom stereocenters. The van der Waals surface area contributed by atoms with Gasteiger partial charge in [0.25, 0.3) is 5.91 Å². The quantitative estimate of drug-likeness (QED) is 0.400. The van der Waals surface area contributed by atoms with E-state index in [0.29, 0.717) is 37.0 Å². The van der Waals surface area contributed by atoms with E-state index in [9.17, 15) is 14.4 Å². The number of aryl methyl sites for hydroxylation is 1. The Morgan fingerprint density at radius 2 is 1.62 bits per heavy atom. The maximum absolute atomic E-state index is 12.7. The number of ether oxygens (including phenoxy) is 1. The average Bonchev–Trinajstić information content (AvgIpc) is 3.27. The maximum atomic E-state index is 12.7. The summed E-state index contributed by atoms with van der Waals surface area (Å²) in [7, 11) is 0. The molecule has 1 saturated heterocycles. The van der Waals surface area contributed by atoms with Gasteiger partial charge in [-0.05, 0) is 62.2 Å². The van der Waals surface area contributed by atoms with Gasteiger partial charge in [0.05, 0.1) is 16.6 Å². The van der Waals surface area contributed by atoms with Crippen molar-refractivity contribution < 1.29 is 19.1 Å². The fraction of sp³-hybridized carbons (Fsp3) is 0.241. The molecular weight excluding hydrogens is 468 g/mol. The second kappa shape index (κ2) is 10.7. The number of hydrogen-bond acceptors (Lipinski definition) is 5. The van der Waals surface area contributed by atoms with Gasteiger partial charge < -0.3 is 15.0 Å². The summed E-state index contributed by atoms with van der Waals surface area (Å²) < 4.78 is 7.35. The van der Waals surface area contributed by atoms with Crippen LogP contribution in [0.1, 0.15) is 29.0 Å². The van der Waals surface area contributed by atoms with Gasteiger partial charge in [-0.2, -0.15) is 0 Å². The molecule has 0 bridgehead atoms. The van der Waals surface area contributed by atoms with Crippen molar-refractivity contribution in [1.29, 1.82) is 0 Å². The van der Waals surface area contributed by atoms with E-state index < -0.39 is 5.97 Å². The van der Waals surface area contributed by atoms with Crippen molar-refractivity contribution in [2.24, 2.45) is 5.92 Å². The molecule has 1 aliphatic heterocycles. The molecule has 37 heavy (non-hydrogen) atoms. The van der Waals surface area contributed by atoms with E-state index in [2.05, 4.69) is 10.3 Å². The third-order valence-electron chi connectivity index (χ3n) is 6.66. The number of carbonyl (C=O) groups excluding carboxylic acids is 3. The van der Waals surface area contributed by atoms with Crippen LogP contribution in [0.15, 0.2) is 78.9 Å². The first-order valence-electron chi connectivity index (χ1n) is 12.3. The number of hydrogen-bond donors (Lipinski definition) is 1. The molecule has 2 amide bonds. The van der Waals surface area contributed by atoms with E-state index in [4.69, 9.17) is 4.74 Å². The first-order valence-corrected chi connectivity index (χ1v) is 12.3. The Kier molecular flexibility index (Phi) is 6.98. The number of rotatable bonds is 6. The number of amides is 2. The normalized spacial score (nSPS) is 13.9. The summed E-state index contributed by atoms with van der Waals surface area (Å²) in [6.45, 7) is 2.48. The minimum Gasteiger partial charge on any atom is -0.452 e. The van der Waals surface area contributed by atoms with E-state index in [0.717, 1.165) is 22.7 Å². The van der Waals surface area contributed by atoms with Crippen molar-refractivity contribution in [3.8, 4) is 5.69 Å². The summed E-state index contributed by atoms with van der Waals surface area (Å²) in [4.78, 5) is 44.1. The van der Waals surface area contributed by atoms with Crippen molar-refractivity contribution in [2.45, 2.75) is 19.8 Å². The largest absolute Gasteiger partial charge is 0.452 e. The standard InChI is InChI=1S/C29H28N4O4/c1-20-30-25-18-22(12-13-26(25)33(20)24-10-6-3-7-11-24)29(36)37-19-27(34)32-16-14-21(15-17-32)28(35)31-23-8-4-2-5-9-23/h2-13,18,21H,14-17,19H2,1H3,(H,31,35). The molecule has 0 radical (unpaired) electrons. The number of piperidine rings is 1. The summed E-state index contributed by atoms with van der Waals surface area (Å²) in [5.41, 5.74) is 3.66. The van der Waals surface area contributed by atoms with Gasteiger partial charge >= 0.3 is 5.97 Å². The number of anilines is 1. The zero-order valence-electron chi connectivity index (χ0n) is 20.6. The van der Waals surface area contributed by atoms with Crippen molar-refractivity contribution in [1.82, 2.24) is 14.5 Å². The lowest BCUT2D eigenvalue weighted by atomic mass is 9.95. The Bertz CT molecular complexity index is 1420. The monoisotopic (exact) mass is 496 g/mol. The smallest absolute Gasteiger partial charge is 0.338 e. The van der Waals surface area contributed by atoms with Crippen LogP contribution in [0.25, 0.3) is 16.7 Å². The third kappa shape index (κ3) is 5.38. The fourth-order valence-corrected chi connectivity index (χ4v) is 4.69. The molecule has 8 nitrogen and oxygen atoms in total. The third-order valence-corrected chi connectivity index (χ3v) is 6.66. The lowest BCUT2D eigenvalue weighted by Gasteiger charge is -2.31. The summed E-state index contributed by atoms with van der Waals surface area (Å²) in [6, 6.07) is 24.4. The fourth-order valence-electron chi connectivity index (χ4n) is 4.69. The molecule has 4 aromatic rings. The highest BCUT2D eigenvalue weighted by atomic mass is 16.5. The second-order valence-electron chi connectivity index (χ2n) is 9.12. The first kappa shape index (κ1) is 24.2. The lowest BCUT2D eigenvalue weighted by Crippen LogP contribution is -2.43. The van der Waals surface area contributed by atoms with Gasteiger partial charge in [0.2, 0.25) is 5.91 Å². The Morgan fingerprint density at radius 1 is 0.946 bits per heavy atom. The van der Waals surface area contributed by atoms with E-state index in [1.165, 1.54) is 0 Å². The molecule has 0 unspecified atom stereocenters. The molecular formula is C29H28N4O4. The SMILES string of the molecule is Cc1nc2cc(C(=O)OCC(=O)N3CCC(C(=O)Nc4ccccc4)CC3)ccc2n1-c1ccccc1. The van der Waals surface area contributed by atoms with Gasteiger partial charge in [-0.15, -0.1) is 0 Å². The number of imidazole rings is 1. The number of fused-ring (bicyclic) bond motifs is 1.